The first-order valence-electron chi connectivity index (χ1n) is 9.31. The number of fused-ring (bicyclic) bond motifs is 1. The molecule has 0 saturated carbocycles. The van der Waals surface area contributed by atoms with Crippen LogP contribution in [0.1, 0.15) is 21.9 Å². The Bertz CT molecular complexity index is 1370. The number of carbonyl (C=O) groups excluding carboxylic acids is 1. The highest BCUT2D eigenvalue weighted by molar-refractivity contribution is 9.10. The summed E-state index contributed by atoms with van der Waals surface area (Å²) in [6.45, 7) is 2.00. The van der Waals surface area contributed by atoms with Gasteiger partial charge >= 0.3 is 5.91 Å². The van der Waals surface area contributed by atoms with E-state index in [0.29, 0.717) is 16.9 Å². The highest BCUT2D eigenvalue weighted by Gasteiger charge is 2.19. The average Bonchev–Trinajstić information content (AvgIpc) is 3.40. The van der Waals surface area contributed by atoms with Crippen molar-refractivity contribution in [2.45, 2.75) is 6.92 Å². The predicted octanol–water partition coefficient (Wildman–Crippen LogP) is 5.44. The number of nitrogens with one attached hydrogen (secondary N) is 1. The maximum Gasteiger partial charge on any atom is 0.307 e. The Labute approximate surface area is 189 Å². The van der Waals surface area contributed by atoms with Crippen molar-refractivity contribution in [2.75, 3.05) is 7.11 Å². The van der Waals surface area contributed by atoms with Gasteiger partial charge in [-0.25, -0.2) is 5.43 Å². The number of methoxy groups -OCH3 is 1. The fourth-order valence-corrected chi connectivity index (χ4v) is 3.76. The third-order valence-corrected chi connectivity index (χ3v) is 5.25. The third kappa shape index (κ3) is 4.26. The highest BCUT2D eigenvalue weighted by atomic mass is 79.9. The molecular formula is C22H16BrN3O6. The summed E-state index contributed by atoms with van der Waals surface area (Å²) in [6, 6.07) is 13.4. The molecule has 4 rings (SSSR count). The minimum Gasteiger partial charge on any atom is -0.493 e. The minimum absolute atomic E-state index is 0.0698. The van der Waals surface area contributed by atoms with E-state index < -0.39 is 10.8 Å². The number of aryl methyl sites for hydroxylation is 1. The number of ether oxygens (including phenoxy) is 1. The van der Waals surface area contributed by atoms with Gasteiger partial charge in [0.25, 0.3) is 5.69 Å². The van der Waals surface area contributed by atoms with Crippen LogP contribution in [0, 0.1) is 17.0 Å². The summed E-state index contributed by atoms with van der Waals surface area (Å²) in [5.41, 5.74) is 4.41. The summed E-state index contributed by atoms with van der Waals surface area (Å²) < 4.78 is 17.3. The van der Waals surface area contributed by atoms with E-state index in [2.05, 4.69) is 26.5 Å². The zero-order valence-electron chi connectivity index (χ0n) is 16.9. The van der Waals surface area contributed by atoms with E-state index in [-0.39, 0.29) is 22.8 Å². The van der Waals surface area contributed by atoms with E-state index >= 15 is 0 Å². The molecule has 2 heterocycles. The molecule has 1 N–H and O–H groups in total. The second kappa shape index (κ2) is 8.67. The summed E-state index contributed by atoms with van der Waals surface area (Å²) in [5, 5.41) is 15.3. The normalized spacial score (nSPS) is 11.2. The minimum atomic E-state index is -0.629. The molecule has 2 aromatic heterocycles. The SMILES string of the molecule is COc1cc([N+](=O)[O-])cc2cc(C(=O)N/N=C\c3ccc(-c4ccc(C)cc4Br)o3)oc12. The number of amides is 1. The van der Waals surface area contributed by atoms with Crippen LogP contribution in [-0.4, -0.2) is 24.2 Å². The van der Waals surface area contributed by atoms with Crippen LogP contribution in [-0.2, 0) is 0 Å². The quantitative estimate of drug-likeness (QED) is 0.215. The van der Waals surface area contributed by atoms with Crippen molar-refractivity contribution < 1.29 is 23.3 Å². The van der Waals surface area contributed by atoms with Gasteiger partial charge in [0.05, 0.1) is 24.3 Å². The van der Waals surface area contributed by atoms with Crippen molar-refractivity contribution in [3.63, 3.8) is 0 Å². The lowest BCUT2D eigenvalue weighted by Gasteiger charge is -2.02. The molecule has 2 aromatic carbocycles. The van der Waals surface area contributed by atoms with Gasteiger partial charge in [0, 0.05) is 21.5 Å². The maximum absolute atomic E-state index is 12.4. The zero-order chi connectivity index (χ0) is 22.8. The number of hydrogen-bond donors (Lipinski definition) is 1. The molecule has 4 aromatic rings. The number of nitro benzene ring substituents is 1. The molecule has 0 aliphatic rings. The number of halogens is 1. The summed E-state index contributed by atoms with van der Waals surface area (Å²) in [5.74, 6) is 0.544. The lowest BCUT2D eigenvalue weighted by atomic mass is 10.1. The van der Waals surface area contributed by atoms with E-state index in [1.807, 2.05) is 25.1 Å². The molecule has 0 saturated heterocycles. The number of benzene rings is 2. The number of non-ortho nitro benzene ring substituents is 1. The fourth-order valence-electron chi connectivity index (χ4n) is 3.07. The molecule has 0 aliphatic carbocycles. The Morgan fingerprint density at radius 2 is 2.00 bits per heavy atom. The second-order valence-corrected chi connectivity index (χ2v) is 7.67. The van der Waals surface area contributed by atoms with E-state index in [9.17, 15) is 14.9 Å². The van der Waals surface area contributed by atoms with Gasteiger partial charge in [-0.15, -0.1) is 0 Å². The van der Waals surface area contributed by atoms with Crippen molar-refractivity contribution in [1.82, 2.24) is 5.43 Å². The van der Waals surface area contributed by atoms with Crippen molar-refractivity contribution in [3.05, 3.63) is 80.2 Å². The van der Waals surface area contributed by atoms with Crippen molar-refractivity contribution in [2.24, 2.45) is 5.10 Å². The molecule has 0 radical (unpaired) electrons. The first-order chi connectivity index (χ1) is 15.4. The smallest absolute Gasteiger partial charge is 0.307 e. The van der Waals surface area contributed by atoms with Crippen molar-refractivity contribution in [1.29, 1.82) is 0 Å². The summed E-state index contributed by atoms with van der Waals surface area (Å²) in [6.07, 6.45) is 1.36. The molecule has 0 spiro atoms. The molecule has 0 unspecified atom stereocenters. The van der Waals surface area contributed by atoms with Gasteiger partial charge in [-0.3, -0.25) is 14.9 Å². The van der Waals surface area contributed by atoms with Gasteiger partial charge in [0.2, 0.25) is 0 Å². The lowest BCUT2D eigenvalue weighted by molar-refractivity contribution is -0.384. The number of carbonyl (C=O) groups is 1. The Balaban J connectivity index is 1.50. The molecule has 0 fully saturated rings. The molecule has 0 atom stereocenters. The number of nitro groups is 1. The Kier molecular flexibility index (Phi) is 5.78. The van der Waals surface area contributed by atoms with Crippen LogP contribution < -0.4 is 10.2 Å². The predicted molar refractivity (Wildman–Crippen MR) is 121 cm³/mol. The van der Waals surface area contributed by atoms with E-state index in [1.54, 1.807) is 12.1 Å². The topological polar surface area (TPSA) is 120 Å². The van der Waals surface area contributed by atoms with E-state index in [4.69, 9.17) is 13.6 Å². The van der Waals surface area contributed by atoms with Crippen LogP contribution in [0.15, 0.2) is 66.9 Å². The molecule has 0 bridgehead atoms. The van der Waals surface area contributed by atoms with Crippen molar-refractivity contribution >= 4 is 44.7 Å². The van der Waals surface area contributed by atoms with Gasteiger partial charge in [-0.1, -0.05) is 22.0 Å². The van der Waals surface area contributed by atoms with Crippen LogP contribution in [0.2, 0.25) is 0 Å². The Morgan fingerprint density at radius 3 is 2.72 bits per heavy atom. The van der Waals surface area contributed by atoms with E-state index in [1.165, 1.54) is 31.5 Å². The molecule has 0 aliphatic heterocycles. The monoisotopic (exact) mass is 497 g/mol. The van der Waals surface area contributed by atoms with Crippen molar-refractivity contribution in [3.8, 4) is 17.1 Å². The largest absolute Gasteiger partial charge is 0.493 e. The fraction of sp³-hybridized carbons (Fsp3) is 0.0909. The maximum atomic E-state index is 12.4. The number of furan rings is 2. The average molecular weight is 498 g/mol. The Morgan fingerprint density at radius 1 is 1.19 bits per heavy atom. The summed E-state index contributed by atoms with van der Waals surface area (Å²) in [7, 11) is 1.36. The molecule has 10 heteroatoms. The molecule has 32 heavy (non-hydrogen) atoms. The second-order valence-electron chi connectivity index (χ2n) is 6.82. The van der Waals surface area contributed by atoms with Crippen LogP contribution >= 0.6 is 15.9 Å². The Hall–Kier alpha value is -3.92. The van der Waals surface area contributed by atoms with Gasteiger partial charge in [-0.05, 0) is 42.8 Å². The standard InChI is InChI=1S/C22H16BrN3O6/c1-12-3-5-16(17(23)7-12)18-6-4-15(31-18)11-24-25-22(27)20-9-13-8-14(26(28)29)10-19(30-2)21(13)32-20/h3-11H,1-2H3,(H,25,27)/b24-11-. The summed E-state index contributed by atoms with van der Waals surface area (Å²) in [4.78, 5) is 22.9. The van der Waals surface area contributed by atoms with Crippen LogP contribution in [0.4, 0.5) is 5.69 Å². The van der Waals surface area contributed by atoms with Crippen LogP contribution in [0.5, 0.6) is 5.75 Å². The molecule has 9 nitrogen and oxygen atoms in total. The summed E-state index contributed by atoms with van der Waals surface area (Å²) >= 11 is 3.52. The first-order valence-corrected chi connectivity index (χ1v) is 10.1. The number of rotatable bonds is 6. The first kappa shape index (κ1) is 21.3. The number of hydrazone groups is 1. The third-order valence-electron chi connectivity index (χ3n) is 4.60. The molecule has 1 amide bonds. The number of nitrogens with zero attached hydrogens (tertiary/aromatic N) is 2. The zero-order valence-corrected chi connectivity index (χ0v) is 18.5. The van der Waals surface area contributed by atoms with E-state index in [0.717, 1.165) is 15.6 Å². The number of hydrogen-bond acceptors (Lipinski definition) is 7. The lowest BCUT2D eigenvalue weighted by Crippen LogP contribution is -2.16. The molecular weight excluding hydrogens is 482 g/mol. The highest BCUT2D eigenvalue weighted by Crippen LogP contribution is 2.33. The molecule has 162 valence electrons. The van der Waals surface area contributed by atoms with Crippen LogP contribution in [0.3, 0.4) is 0 Å². The van der Waals surface area contributed by atoms with Crippen LogP contribution in [0.25, 0.3) is 22.3 Å². The van der Waals surface area contributed by atoms with Gasteiger partial charge in [0.1, 0.15) is 11.5 Å². The van der Waals surface area contributed by atoms with Gasteiger partial charge in [-0.2, -0.15) is 5.10 Å². The van der Waals surface area contributed by atoms with Gasteiger partial charge < -0.3 is 13.6 Å². The van der Waals surface area contributed by atoms with Gasteiger partial charge in [0.15, 0.2) is 17.1 Å².